The van der Waals surface area contributed by atoms with Crippen LogP contribution in [-0.4, -0.2) is 12.6 Å². The van der Waals surface area contributed by atoms with E-state index in [-0.39, 0.29) is 0 Å². The van der Waals surface area contributed by atoms with Crippen LogP contribution in [-0.2, 0) is 6.42 Å². The number of nitrogens with one attached hydrogen (secondary N) is 1. The number of rotatable bonds is 6. The predicted octanol–water partition coefficient (Wildman–Crippen LogP) is 3.85. The van der Waals surface area contributed by atoms with Crippen LogP contribution < -0.4 is 10.1 Å². The highest BCUT2D eigenvalue weighted by atomic mass is 16.5. The van der Waals surface area contributed by atoms with Crippen LogP contribution in [0.1, 0.15) is 57.2 Å². The molecule has 0 radical (unpaired) electrons. The quantitative estimate of drug-likeness (QED) is 0.824. The number of hydrogen-bond donors (Lipinski definition) is 1. The predicted molar refractivity (Wildman–Crippen MR) is 76.2 cm³/mol. The molecule has 1 aliphatic heterocycles. The third kappa shape index (κ3) is 3.05. The summed E-state index contributed by atoms with van der Waals surface area (Å²) in [7, 11) is 0. The van der Waals surface area contributed by atoms with Crippen LogP contribution in [0.5, 0.6) is 5.75 Å². The van der Waals surface area contributed by atoms with Gasteiger partial charge in [0.15, 0.2) is 0 Å². The lowest BCUT2D eigenvalue weighted by molar-refractivity contribution is 0.254. The van der Waals surface area contributed by atoms with Gasteiger partial charge in [0.1, 0.15) is 11.9 Å². The molecule has 0 bridgehead atoms. The van der Waals surface area contributed by atoms with Crippen LogP contribution in [0.3, 0.4) is 0 Å². The first-order valence-corrected chi connectivity index (χ1v) is 7.27. The summed E-state index contributed by atoms with van der Waals surface area (Å²) in [5.74, 6) is 1.08. The minimum Gasteiger partial charge on any atom is -0.490 e. The van der Waals surface area contributed by atoms with Crippen molar-refractivity contribution < 1.29 is 4.74 Å². The van der Waals surface area contributed by atoms with Crippen molar-refractivity contribution in [1.29, 1.82) is 0 Å². The number of hydrogen-bond acceptors (Lipinski definition) is 2. The molecule has 0 saturated carbocycles. The number of benzene rings is 1. The zero-order valence-electron chi connectivity index (χ0n) is 11.8. The standard InChI is InChI=1S/C16H25NO/c1-4-6-15(17-9-5-2)13-7-8-16-14(11-13)10-12(3)18-16/h7-8,11-12,15,17H,4-6,9-10H2,1-3H3. The molecule has 2 heteroatoms. The van der Waals surface area contributed by atoms with Crippen LogP contribution in [0, 0.1) is 0 Å². The summed E-state index contributed by atoms with van der Waals surface area (Å²) in [4.78, 5) is 0. The summed E-state index contributed by atoms with van der Waals surface area (Å²) in [6.45, 7) is 7.70. The molecule has 1 aromatic rings. The average molecular weight is 247 g/mol. The Morgan fingerprint density at radius 3 is 2.89 bits per heavy atom. The second-order valence-electron chi connectivity index (χ2n) is 5.30. The van der Waals surface area contributed by atoms with Crippen LogP contribution in [0.2, 0.25) is 0 Å². The molecule has 0 aromatic heterocycles. The fourth-order valence-corrected chi connectivity index (χ4v) is 2.65. The molecule has 0 aliphatic carbocycles. The molecule has 0 spiro atoms. The van der Waals surface area contributed by atoms with Gasteiger partial charge in [0.2, 0.25) is 0 Å². The van der Waals surface area contributed by atoms with E-state index in [0.717, 1.165) is 18.7 Å². The molecule has 2 unspecified atom stereocenters. The lowest BCUT2D eigenvalue weighted by Gasteiger charge is -2.19. The molecule has 18 heavy (non-hydrogen) atoms. The second kappa shape index (κ2) is 6.24. The van der Waals surface area contributed by atoms with Crippen molar-refractivity contribution in [2.45, 2.75) is 58.6 Å². The van der Waals surface area contributed by atoms with Gasteiger partial charge in [0.05, 0.1) is 0 Å². The maximum absolute atomic E-state index is 5.76. The van der Waals surface area contributed by atoms with E-state index in [4.69, 9.17) is 4.74 Å². The van der Waals surface area contributed by atoms with E-state index in [1.807, 2.05) is 0 Å². The van der Waals surface area contributed by atoms with Gasteiger partial charge >= 0.3 is 0 Å². The third-order valence-corrected chi connectivity index (χ3v) is 3.54. The van der Waals surface area contributed by atoms with Crippen molar-refractivity contribution in [2.75, 3.05) is 6.54 Å². The molecule has 1 N–H and O–H groups in total. The Morgan fingerprint density at radius 2 is 2.17 bits per heavy atom. The molecule has 0 amide bonds. The molecule has 0 saturated heterocycles. The average Bonchev–Trinajstić information content (AvgIpc) is 2.73. The third-order valence-electron chi connectivity index (χ3n) is 3.54. The molecule has 1 heterocycles. The Labute approximate surface area is 111 Å². The Balaban J connectivity index is 2.13. The Kier molecular flexibility index (Phi) is 4.65. The van der Waals surface area contributed by atoms with Gasteiger partial charge in [-0.1, -0.05) is 32.4 Å². The SMILES string of the molecule is CCCNC(CCC)c1ccc2c(c1)CC(C)O2. The largest absolute Gasteiger partial charge is 0.490 e. The highest BCUT2D eigenvalue weighted by molar-refractivity contribution is 5.41. The summed E-state index contributed by atoms with van der Waals surface area (Å²) < 4.78 is 5.76. The Hall–Kier alpha value is -1.02. The van der Waals surface area contributed by atoms with E-state index in [1.54, 1.807) is 0 Å². The van der Waals surface area contributed by atoms with Crippen LogP contribution in [0.15, 0.2) is 18.2 Å². The smallest absolute Gasteiger partial charge is 0.123 e. The lowest BCUT2D eigenvalue weighted by Crippen LogP contribution is -2.22. The van der Waals surface area contributed by atoms with E-state index >= 15 is 0 Å². The van der Waals surface area contributed by atoms with Gasteiger partial charge in [-0.2, -0.15) is 0 Å². The van der Waals surface area contributed by atoms with E-state index in [2.05, 4.69) is 44.3 Å². The topological polar surface area (TPSA) is 21.3 Å². The van der Waals surface area contributed by atoms with Crippen molar-refractivity contribution in [3.63, 3.8) is 0 Å². The summed E-state index contributed by atoms with van der Waals surface area (Å²) in [6, 6.07) is 7.20. The van der Waals surface area contributed by atoms with E-state index in [1.165, 1.54) is 30.4 Å². The van der Waals surface area contributed by atoms with Crippen molar-refractivity contribution in [3.8, 4) is 5.75 Å². The van der Waals surface area contributed by atoms with Crippen LogP contribution >= 0.6 is 0 Å². The Bertz CT molecular complexity index is 389. The first-order valence-electron chi connectivity index (χ1n) is 7.27. The van der Waals surface area contributed by atoms with Gasteiger partial charge in [0, 0.05) is 12.5 Å². The van der Waals surface area contributed by atoms with Crippen molar-refractivity contribution >= 4 is 0 Å². The molecule has 2 nitrogen and oxygen atoms in total. The van der Waals surface area contributed by atoms with E-state index < -0.39 is 0 Å². The molecule has 100 valence electrons. The van der Waals surface area contributed by atoms with Crippen molar-refractivity contribution in [2.24, 2.45) is 0 Å². The molecular weight excluding hydrogens is 222 g/mol. The summed E-state index contributed by atoms with van der Waals surface area (Å²) in [6.07, 6.45) is 4.99. The maximum atomic E-state index is 5.76. The van der Waals surface area contributed by atoms with Gasteiger partial charge in [-0.05, 0) is 43.5 Å². The van der Waals surface area contributed by atoms with Gasteiger partial charge in [-0.3, -0.25) is 0 Å². The molecule has 2 atom stereocenters. The minimum atomic E-state index is 0.337. The van der Waals surface area contributed by atoms with Gasteiger partial charge < -0.3 is 10.1 Å². The van der Waals surface area contributed by atoms with E-state index in [0.29, 0.717) is 12.1 Å². The molecular formula is C16H25NO. The molecule has 1 aromatic carbocycles. The molecule has 2 rings (SSSR count). The van der Waals surface area contributed by atoms with Gasteiger partial charge in [-0.25, -0.2) is 0 Å². The summed E-state index contributed by atoms with van der Waals surface area (Å²) >= 11 is 0. The van der Waals surface area contributed by atoms with Crippen molar-refractivity contribution in [3.05, 3.63) is 29.3 Å². The Morgan fingerprint density at radius 1 is 1.33 bits per heavy atom. The van der Waals surface area contributed by atoms with Crippen molar-refractivity contribution in [1.82, 2.24) is 5.32 Å². The normalized spacial score (nSPS) is 19.4. The second-order valence-corrected chi connectivity index (χ2v) is 5.30. The molecule has 0 fully saturated rings. The lowest BCUT2D eigenvalue weighted by atomic mass is 9.98. The van der Waals surface area contributed by atoms with Gasteiger partial charge in [-0.15, -0.1) is 0 Å². The minimum absolute atomic E-state index is 0.337. The first kappa shape index (κ1) is 13.4. The first-order chi connectivity index (χ1) is 8.74. The zero-order chi connectivity index (χ0) is 13.0. The monoisotopic (exact) mass is 247 g/mol. The number of fused-ring (bicyclic) bond motifs is 1. The zero-order valence-corrected chi connectivity index (χ0v) is 11.8. The maximum Gasteiger partial charge on any atom is 0.123 e. The van der Waals surface area contributed by atoms with Gasteiger partial charge in [0.25, 0.3) is 0 Å². The fourth-order valence-electron chi connectivity index (χ4n) is 2.65. The van der Waals surface area contributed by atoms with E-state index in [9.17, 15) is 0 Å². The van der Waals surface area contributed by atoms with Crippen LogP contribution in [0.25, 0.3) is 0 Å². The number of ether oxygens (including phenoxy) is 1. The fraction of sp³-hybridized carbons (Fsp3) is 0.625. The summed E-state index contributed by atoms with van der Waals surface area (Å²) in [5.41, 5.74) is 2.79. The van der Waals surface area contributed by atoms with Crippen LogP contribution in [0.4, 0.5) is 0 Å². The molecule has 1 aliphatic rings. The highest BCUT2D eigenvalue weighted by Gasteiger charge is 2.20. The highest BCUT2D eigenvalue weighted by Crippen LogP contribution is 2.32. The summed E-state index contributed by atoms with van der Waals surface area (Å²) in [5, 5.41) is 3.65.